The monoisotopic (exact) mass is 446 g/mol. The molecule has 8 nitrogen and oxygen atoms in total. The van der Waals surface area contributed by atoms with E-state index < -0.39 is 0 Å². The number of aryl methyl sites for hydroxylation is 1. The molecule has 2 aromatic rings. The molecule has 1 amide bonds. The molecule has 9 heteroatoms. The number of amides is 1. The zero-order valence-electron chi connectivity index (χ0n) is 18.7. The standard InChI is InChI=1S/C22H34N6O2S/c1-3-18-9-4-5-11-26(18)13-7-10-23-20(30)17-8-6-12-27(15-17)22-25-28-19(29)14-16(2)24-21(28)31-22/h14,17-18H,3-13,15H2,1-2H3,(H,23,30). The van der Waals surface area contributed by atoms with Crippen molar-refractivity contribution in [3.8, 4) is 0 Å². The summed E-state index contributed by atoms with van der Waals surface area (Å²) in [5.74, 6) is 0.105. The first-order valence-electron chi connectivity index (χ1n) is 11.7. The first-order valence-corrected chi connectivity index (χ1v) is 12.5. The van der Waals surface area contributed by atoms with Crippen LogP contribution in [0.3, 0.4) is 0 Å². The van der Waals surface area contributed by atoms with E-state index in [2.05, 4.69) is 32.1 Å². The van der Waals surface area contributed by atoms with E-state index in [9.17, 15) is 9.59 Å². The first kappa shape index (κ1) is 22.2. The van der Waals surface area contributed by atoms with Gasteiger partial charge in [-0.05, 0) is 52.0 Å². The van der Waals surface area contributed by atoms with Gasteiger partial charge in [0.05, 0.1) is 5.92 Å². The van der Waals surface area contributed by atoms with E-state index in [1.54, 1.807) is 0 Å². The summed E-state index contributed by atoms with van der Waals surface area (Å²) in [6.45, 7) is 8.59. The second-order valence-corrected chi connectivity index (χ2v) is 9.77. The highest BCUT2D eigenvalue weighted by atomic mass is 32.1. The zero-order valence-corrected chi connectivity index (χ0v) is 19.5. The molecule has 2 aliphatic rings. The SMILES string of the molecule is CCC1CCCCN1CCCNC(=O)C1CCCN(c2nn3c(=O)cc(C)nc3s2)C1. The summed E-state index contributed by atoms with van der Waals surface area (Å²) in [4.78, 5) is 34.7. The summed E-state index contributed by atoms with van der Waals surface area (Å²) in [5.41, 5.74) is 0.543. The summed E-state index contributed by atoms with van der Waals surface area (Å²) in [5, 5.41) is 8.39. The predicted octanol–water partition coefficient (Wildman–Crippen LogP) is 2.45. The molecule has 0 spiro atoms. The Hall–Kier alpha value is -2.00. The molecule has 0 saturated carbocycles. The highest BCUT2D eigenvalue weighted by Gasteiger charge is 2.28. The minimum Gasteiger partial charge on any atom is -0.356 e. The van der Waals surface area contributed by atoms with Gasteiger partial charge in [0.2, 0.25) is 16.0 Å². The number of aromatic nitrogens is 3. The van der Waals surface area contributed by atoms with Crippen molar-refractivity contribution in [2.24, 2.45) is 5.92 Å². The van der Waals surface area contributed by atoms with Crippen LogP contribution in [0.4, 0.5) is 5.13 Å². The van der Waals surface area contributed by atoms with E-state index in [-0.39, 0.29) is 17.4 Å². The first-order chi connectivity index (χ1) is 15.0. The highest BCUT2D eigenvalue weighted by Crippen LogP contribution is 2.27. The summed E-state index contributed by atoms with van der Waals surface area (Å²) in [7, 11) is 0. The largest absolute Gasteiger partial charge is 0.356 e. The van der Waals surface area contributed by atoms with Crippen molar-refractivity contribution in [2.45, 2.75) is 64.8 Å². The predicted molar refractivity (Wildman–Crippen MR) is 124 cm³/mol. The average molecular weight is 447 g/mol. The Morgan fingerprint density at radius 3 is 2.97 bits per heavy atom. The average Bonchev–Trinajstić information content (AvgIpc) is 3.21. The maximum atomic E-state index is 12.8. The Morgan fingerprint density at radius 1 is 1.26 bits per heavy atom. The number of rotatable bonds is 7. The molecule has 1 N–H and O–H groups in total. The lowest BCUT2D eigenvalue weighted by Gasteiger charge is -2.35. The second kappa shape index (κ2) is 10.1. The van der Waals surface area contributed by atoms with Crippen LogP contribution in [0.2, 0.25) is 0 Å². The molecule has 2 aromatic heterocycles. The molecule has 0 radical (unpaired) electrons. The Morgan fingerprint density at radius 2 is 2.13 bits per heavy atom. The Bertz CT molecular complexity index is 957. The molecule has 2 unspecified atom stereocenters. The number of fused-ring (bicyclic) bond motifs is 1. The Labute approximate surface area is 187 Å². The number of carbonyl (C=O) groups excluding carboxylic acids is 1. The molecule has 2 aliphatic heterocycles. The van der Waals surface area contributed by atoms with Gasteiger partial charge in [-0.2, -0.15) is 4.52 Å². The van der Waals surface area contributed by atoms with Crippen molar-refractivity contribution >= 4 is 27.3 Å². The van der Waals surface area contributed by atoms with E-state index in [1.165, 1.54) is 54.1 Å². The van der Waals surface area contributed by atoms with Crippen LogP contribution in [0.1, 0.15) is 57.6 Å². The van der Waals surface area contributed by atoms with Gasteiger partial charge >= 0.3 is 0 Å². The van der Waals surface area contributed by atoms with Crippen LogP contribution in [0.5, 0.6) is 0 Å². The van der Waals surface area contributed by atoms with Gasteiger partial charge in [-0.25, -0.2) is 4.98 Å². The van der Waals surface area contributed by atoms with E-state index in [0.29, 0.717) is 17.2 Å². The Kier molecular flexibility index (Phi) is 7.22. The maximum Gasteiger partial charge on any atom is 0.275 e. The lowest BCUT2D eigenvalue weighted by atomic mass is 9.97. The van der Waals surface area contributed by atoms with Gasteiger partial charge in [-0.3, -0.25) is 9.59 Å². The summed E-state index contributed by atoms with van der Waals surface area (Å²) in [6.07, 6.45) is 8.03. The number of nitrogens with one attached hydrogen (secondary N) is 1. The third-order valence-electron chi connectivity index (χ3n) is 6.57. The van der Waals surface area contributed by atoms with Gasteiger partial charge in [0.1, 0.15) is 0 Å². The van der Waals surface area contributed by atoms with E-state index >= 15 is 0 Å². The van der Waals surface area contributed by atoms with Crippen molar-refractivity contribution in [1.82, 2.24) is 24.8 Å². The fourth-order valence-electron chi connectivity index (χ4n) is 4.86. The molecule has 0 bridgehead atoms. The molecular formula is C22H34N6O2S. The molecule has 4 rings (SSSR count). The van der Waals surface area contributed by atoms with Gasteiger partial charge in [0, 0.05) is 44.0 Å². The fraction of sp³-hybridized carbons (Fsp3) is 0.727. The van der Waals surface area contributed by atoms with E-state index in [4.69, 9.17) is 0 Å². The van der Waals surface area contributed by atoms with Crippen LogP contribution in [-0.4, -0.2) is 64.2 Å². The van der Waals surface area contributed by atoms with Gasteiger partial charge in [-0.1, -0.05) is 24.7 Å². The van der Waals surface area contributed by atoms with Crippen molar-refractivity contribution in [3.05, 3.63) is 22.1 Å². The van der Waals surface area contributed by atoms with Crippen molar-refractivity contribution in [2.75, 3.05) is 37.6 Å². The molecule has 2 fully saturated rings. The van der Waals surface area contributed by atoms with Crippen LogP contribution in [0.25, 0.3) is 4.96 Å². The van der Waals surface area contributed by atoms with Crippen molar-refractivity contribution in [1.29, 1.82) is 0 Å². The van der Waals surface area contributed by atoms with Crippen LogP contribution < -0.4 is 15.8 Å². The molecule has 0 aromatic carbocycles. The molecular weight excluding hydrogens is 412 g/mol. The number of nitrogens with zero attached hydrogens (tertiary/aromatic N) is 5. The summed E-state index contributed by atoms with van der Waals surface area (Å²) in [6, 6.07) is 2.21. The van der Waals surface area contributed by atoms with Crippen molar-refractivity contribution < 1.29 is 4.79 Å². The van der Waals surface area contributed by atoms with Crippen LogP contribution in [-0.2, 0) is 4.79 Å². The molecule has 4 heterocycles. The number of hydrogen-bond donors (Lipinski definition) is 1. The van der Waals surface area contributed by atoms with E-state index in [0.717, 1.165) is 50.1 Å². The third kappa shape index (κ3) is 5.26. The zero-order chi connectivity index (χ0) is 21.8. The van der Waals surface area contributed by atoms with Crippen LogP contribution in [0.15, 0.2) is 10.9 Å². The minimum atomic E-state index is -0.157. The number of likely N-dealkylation sites (tertiary alicyclic amines) is 1. The molecule has 0 aliphatic carbocycles. The number of anilines is 1. The number of hydrogen-bond acceptors (Lipinski definition) is 7. The maximum absolute atomic E-state index is 12.8. The Balaban J connectivity index is 1.29. The second-order valence-electron chi connectivity index (χ2n) is 8.84. The highest BCUT2D eigenvalue weighted by molar-refractivity contribution is 7.20. The van der Waals surface area contributed by atoms with Gasteiger partial charge in [0.15, 0.2) is 0 Å². The number of carbonyl (C=O) groups is 1. The number of piperidine rings is 2. The quantitative estimate of drug-likeness (QED) is 0.658. The van der Waals surface area contributed by atoms with Gasteiger partial charge < -0.3 is 15.1 Å². The molecule has 170 valence electrons. The lowest BCUT2D eigenvalue weighted by molar-refractivity contribution is -0.125. The summed E-state index contributed by atoms with van der Waals surface area (Å²) >= 11 is 1.41. The molecule has 2 saturated heterocycles. The normalized spacial score (nSPS) is 22.7. The van der Waals surface area contributed by atoms with Gasteiger partial charge in [0.25, 0.3) is 5.56 Å². The molecule has 31 heavy (non-hydrogen) atoms. The fourth-order valence-corrected chi connectivity index (χ4v) is 5.85. The van der Waals surface area contributed by atoms with Crippen molar-refractivity contribution in [3.63, 3.8) is 0 Å². The van der Waals surface area contributed by atoms with Gasteiger partial charge in [-0.15, -0.1) is 5.10 Å². The minimum absolute atomic E-state index is 0.0365. The van der Waals surface area contributed by atoms with E-state index in [1.807, 2.05) is 6.92 Å². The molecule has 2 atom stereocenters. The lowest BCUT2D eigenvalue weighted by Crippen LogP contribution is -2.44. The summed E-state index contributed by atoms with van der Waals surface area (Å²) < 4.78 is 1.36. The van der Waals surface area contributed by atoms with Crippen LogP contribution >= 0.6 is 11.3 Å². The smallest absolute Gasteiger partial charge is 0.275 e. The third-order valence-corrected chi connectivity index (χ3v) is 7.54. The van der Waals surface area contributed by atoms with Crippen LogP contribution in [0, 0.1) is 12.8 Å². The topological polar surface area (TPSA) is 82.8 Å².